The van der Waals surface area contributed by atoms with Crippen LogP contribution in [0.5, 0.6) is 0 Å². The molecule has 0 saturated carbocycles. The fourth-order valence-corrected chi connectivity index (χ4v) is 5.77. The van der Waals surface area contributed by atoms with Gasteiger partial charge in [0.1, 0.15) is 17.7 Å². The Morgan fingerprint density at radius 1 is 1.38 bits per heavy atom. The summed E-state index contributed by atoms with van der Waals surface area (Å²) in [5.41, 5.74) is 1.99. The number of benzene rings is 1. The van der Waals surface area contributed by atoms with Crippen molar-refractivity contribution in [1.82, 2.24) is 14.9 Å². The molecule has 1 aromatic carbocycles. The van der Waals surface area contributed by atoms with Gasteiger partial charge in [0.2, 0.25) is 0 Å². The molecular formula is C22H23BrClN5O3. The van der Waals surface area contributed by atoms with Gasteiger partial charge in [-0.05, 0) is 43.1 Å². The predicted octanol–water partition coefficient (Wildman–Crippen LogP) is 4.73. The van der Waals surface area contributed by atoms with Gasteiger partial charge in [0, 0.05) is 28.7 Å². The highest BCUT2D eigenvalue weighted by Crippen LogP contribution is 2.49. The Morgan fingerprint density at radius 2 is 2.16 bits per heavy atom. The fraction of sp³-hybridized carbons (Fsp3) is 0.545. The number of piperazine rings is 1. The van der Waals surface area contributed by atoms with Gasteiger partial charge in [0.05, 0.1) is 53.2 Å². The third-order valence-corrected chi connectivity index (χ3v) is 7.73. The summed E-state index contributed by atoms with van der Waals surface area (Å²) < 4.78 is 12.3. The molecule has 3 atom stereocenters. The molecule has 32 heavy (non-hydrogen) atoms. The van der Waals surface area contributed by atoms with Crippen LogP contribution >= 0.6 is 27.5 Å². The third-order valence-electron chi connectivity index (χ3n) is 6.26. The van der Waals surface area contributed by atoms with Gasteiger partial charge in [-0.25, -0.2) is 14.8 Å². The Labute approximate surface area is 199 Å². The van der Waals surface area contributed by atoms with Crippen LogP contribution in [0.2, 0.25) is 5.02 Å². The van der Waals surface area contributed by atoms with E-state index in [1.165, 1.54) is 6.33 Å². The van der Waals surface area contributed by atoms with E-state index >= 15 is 0 Å². The molecule has 168 valence electrons. The molecule has 0 radical (unpaired) electrons. The molecule has 5 rings (SSSR count). The molecule has 0 N–H and O–H groups in total. The lowest BCUT2D eigenvalue weighted by atomic mass is 9.97. The summed E-state index contributed by atoms with van der Waals surface area (Å²) in [6.07, 6.45) is 1.99. The lowest BCUT2D eigenvalue weighted by Crippen LogP contribution is -2.50. The molecule has 10 heteroatoms. The van der Waals surface area contributed by atoms with Crippen molar-refractivity contribution in [2.24, 2.45) is 0 Å². The zero-order valence-corrected chi connectivity index (χ0v) is 20.4. The first-order valence-electron chi connectivity index (χ1n) is 10.6. The topological polar surface area (TPSA) is 91.6 Å². The molecule has 2 bridgehead atoms. The molecular weight excluding hydrogens is 498 g/mol. The van der Waals surface area contributed by atoms with Gasteiger partial charge >= 0.3 is 6.09 Å². The lowest BCUT2D eigenvalue weighted by Gasteiger charge is -2.36. The van der Waals surface area contributed by atoms with Crippen LogP contribution in [0.15, 0.2) is 10.8 Å². The number of ether oxygens (including phenoxy) is 2. The van der Waals surface area contributed by atoms with Gasteiger partial charge in [-0.2, -0.15) is 5.26 Å². The first-order chi connectivity index (χ1) is 15.2. The zero-order valence-electron chi connectivity index (χ0n) is 18.1. The number of carbonyl (C=O) groups excluding carboxylic acids is 1. The molecule has 3 aliphatic heterocycles. The summed E-state index contributed by atoms with van der Waals surface area (Å²) in [5.74, 6) is 0.783. The minimum absolute atomic E-state index is 0.0602. The molecule has 4 heterocycles. The van der Waals surface area contributed by atoms with Crippen molar-refractivity contribution in [2.75, 3.05) is 18.0 Å². The van der Waals surface area contributed by atoms with Crippen molar-refractivity contribution in [2.45, 2.75) is 64.0 Å². The van der Waals surface area contributed by atoms with E-state index in [1.807, 2.05) is 25.7 Å². The highest BCUT2D eigenvalue weighted by atomic mass is 79.9. The second-order valence-corrected chi connectivity index (χ2v) is 10.6. The summed E-state index contributed by atoms with van der Waals surface area (Å²) in [6.45, 7) is 7.24. The molecule has 0 spiro atoms. The van der Waals surface area contributed by atoms with Gasteiger partial charge < -0.3 is 19.3 Å². The van der Waals surface area contributed by atoms with Crippen LogP contribution in [-0.2, 0) is 16.1 Å². The largest absolute Gasteiger partial charge is 0.444 e. The minimum Gasteiger partial charge on any atom is -0.444 e. The Hall–Kier alpha value is -2.15. The zero-order chi connectivity index (χ0) is 22.8. The van der Waals surface area contributed by atoms with Crippen LogP contribution in [0.25, 0.3) is 10.9 Å². The normalized spacial score (nSPS) is 24.2. The first kappa shape index (κ1) is 21.7. The minimum atomic E-state index is -0.526. The van der Waals surface area contributed by atoms with Crippen molar-refractivity contribution in [1.29, 1.82) is 5.26 Å². The molecule has 2 fully saturated rings. The number of fused-ring (bicyclic) bond motifs is 5. The van der Waals surface area contributed by atoms with Crippen molar-refractivity contribution >= 4 is 50.3 Å². The number of hydrogen-bond donors (Lipinski definition) is 0. The van der Waals surface area contributed by atoms with Crippen molar-refractivity contribution in [3.63, 3.8) is 0 Å². The SMILES string of the molecule is CC(C)(C)OC(=O)N1C[C@H]2C[C@@H]1CN2c1ncnc2c(Cl)c(Br)c3c(c12)C(CC#N)OC3. The number of amides is 1. The van der Waals surface area contributed by atoms with Crippen LogP contribution in [0.4, 0.5) is 10.6 Å². The number of aromatic nitrogens is 2. The standard InChI is InChI=1S/C22H23BrClN5O3/c1-22(2,3)32-21(30)29-8-11-6-12(29)7-28(11)20-16-15-13(9-31-14(15)4-5-25)17(23)18(24)19(16)26-10-27-20/h10-12,14H,4,6-9H2,1-3H3/t11-,12-,14?/m1/s1. The summed E-state index contributed by atoms with van der Waals surface area (Å²) in [4.78, 5) is 25.8. The molecule has 2 saturated heterocycles. The smallest absolute Gasteiger partial charge is 0.410 e. The number of rotatable bonds is 2. The Kier molecular flexibility index (Phi) is 5.23. The number of nitriles is 1. The summed E-state index contributed by atoms with van der Waals surface area (Å²) >= 11 is 10.3. The number of anilines is 1. The van der Waals surface area contributed by atoms with E-state index in [9.17, 15) is 10.1 Å². The molecule has 0 aliphatic carbocycles. The third kappa shape index (κ3) is 3.40. The van der Waals surface area contributed by atoms with Crippen molar-refractivity contribution in [3.8, 4) is 6.07 Å². The molecule has 1 unspecified atom stereocenters. The van der Waals surface area contributed by atoms with Crippen LogP contribution in [-0.4, -0.2) is 51.7 Å². The van der Waals surface area contributed by atoms with Gasteiger partial charge in [0.15, 0.2) is 0 Å². The van der Waals surface area contributed by atoms with Crippen LogP contribution in [0.1, 0.15) is 50.8 Å². The van der Waals surface area contributed by atoms with E-state index < -0.39 is 5.60 Å². The van der Waals surface area contributed by atoms with E-state index in [-0.39, 0.29) is 30.7 Å². The molecule has 1 aromatic heterocycles. The predicted molar refractivity (Wildman–Crippen MR) is 122 cm³/mol. The Balaban J connectivity index is 1.54. The molecule has 1 amide bonds. The van der Waals surface area contributed by atoms with E-state index in [4.69, 9.17) is 21.1 Å². The van der Waals surface area contributed by atoms with Crippen LogP contribution < -0.4 is 4.90 Å². The summed E-state index contributed by atoms with van der Waals surface area (Å²) in [6, 6.07) is 2.40. The maximum absolute atomic E-state index is 12.6. The van der Waals surface area contributed by atoms with Gasteiger partial charge in [-0.1, -0.05) is 11.6 Å². The highest BCUT2D eigenvalue weighted by molar-refractivity contribution is 9.10. The number of halogens is 2. The summed E-state index contributed by atoms with van der Waals surface area (Å²) in [5, 5.41) is 10.7. The second kappa shape index (κ2) is 7.72. The first-order valence-corrected chi connectivity index (χ1v) is 11.8. The Morgan fingerprint density at radius 3 is 2.81 bits per heavy atom. The van der Waals surface area contributed by atoms with Gasteiger partial charge in [0.25, 0.3) is 0 Å². The number of nitrogens with zero attached hydrogens (tertiary/aromatic N) is 5. The van der Waals surface area contributed by atoms with Crippen molar-refractivity contribution in [3.05, 3.63) is 26.9 Å². The fourth-order valence-electron chi connectivity index (χ4n) is 4.99. The van der Waals surface area contributed by atoms with E-state index in [1.54, 1.807) is 0 Å². The van der Waals surface area contributed by atoms with Gasteiger partial charge in [-0.15, -0.1) is 0 Å². The molecule has 2 aromatic rings. The average molecular weight is 521 g/mol. The quantitative estimate of drug-likeness (QED) is 0.565. The van der Waals surface area contributed by atoms with Gasteiger partial charge in [-0.3, -0.25) is 0 Å². The highest BCUT2D eigenvalue weighted by Gasteiger charge is 2.48. The Bertz CT molecular complexity index is 1160. The molecule has 3 aliphatic rings. The van der Waals surface area contributed by atoms with E-state index in [0.29, 0.717) is 30.2 Å². The number of likely N-dealkylation sites (tertiary alicyclic amines) is 1. The average Bonchev–Trinajstić information content (AvgIpc) is 3.45. The van der Waals surface area contributed by atoms with Crippen LogP contribution in [0, 0.1) is 11.3 Å². The number of hydrogen-bond acceptors (Lipinski definition) is 7. The number of carbonyl (C=O) groups is 1. The van der Waals surface area contributed by atoms with E-state index in [2.05, 4.69) is 36.9 Å². The van der Waals surface area contributed by atoms with E-state index in [0.717, 1.165) is 33.2 Å². The van der Waals surface area contributed by atoms with Crippen molar-refractivity contribution < 1.29 is 14.3 Å². The maximum atomic E-state index is 12.6. The van der Waals surface area contributed by atoms with Crippen LogP contribution in [0.3, 0.4) is 0 Å². The summed E-state index contributed by atoms with van der Waals surface area (Å²) in [7, 11) is 0. The molecule has 8 nitrogen and oxygen atoms in total. The maximum Gasteiger partial charge on any atom is 0.410 e. The second-order valence-electron chi connectivity index (χ2n) is 9.43. The lowest BCUT2D eigenvalue weighted by molar-refractivity contribution is 0.0214. The monoisotopic (exact) mass is 519 g/mol.